The van der Waals surface area contributed by atoms with Crippen LogP contribution in [0.4, 0.5) is 0 Å². The molecule has 0 atom stereocenters. The Labute approximate surface area is 101 Å². The number of hydrogen-bond acceptors (Lipinski definition) is 2. The molecule has 0 radical (unpaired) electrons. The molecule has 0 heterocycles. The highest BCUT2D eigenvalue weighted by Crippen LogP contribution is 2.10. The molecule has 2 heteroatoms. The topological polar surface area (TPSA) is 26.3 Å². The molecule has 17 heavy (non-hydrogen) atoms. The van der Waals surface area contributed by atoms with E-state index in [9.17, 15) is 4.79 Å². The van der Waals surface area contributed by atoms with Crippen LogP contribution in [0.25, 0.3) is 0 Å². The molecular formula is C15H14O2. The van der Waals surface area contributed by atoms with E-state index in [0.717, 1.165) is 11.1 Å². The van der Waals surface area contributed by atoms with E-state index in [4.69, 9.17) is 4.74 Å². The van der Waals surface area contributed by atoms with Crippen LogP contribution in [0.5, 0.6) is 0 Å². The van der Waals surface area contributed by atoms with E-state index in [1.165, 1.54) is 0 Å². The van der Waals surface area contributed by atoms with Gasteiger partial charge in [0.25, 0.3) is 0 Å². The van der Waals surface area contributed by atoms with Crippen molar-refractivity contribution >= 4 is 5.97 Å². The van der Waals surface area contributed by atoms with Gasteiger partial charge in [-0.15, -0.1) is 0 Å². The van der Waals surface area contributed by atoms with Gasteiger partial charge in [0.1, 0.15) is 6.61 Å². The summed E-state index contributed by atoms with van der Waals surface area (Å²) in [7, 11) is 0. The van der Waals surface area contributed by atoms with Crippen molar-refractivity contribution in [3.8, 4) is 0 Å². The number of esters is 1. The van der Waals surface area contributed by atoms with Crippen LogP contribution < -0.4 is 0 Å². The van der Waals surface area contributed by atoms with Gasteiger partial charge in [0.15, 0.2) is 0 Å². The quantitative estimate of drug-likeness (QED) is 0.750. The summed E-state index contributed by atoms with van der Waals surface area (Å²) >= 11 is 0. The van der Waals surface area contributed by atoms with E-state index in [-0.39, 0.29) is 5.97 Å². The fraction of sp³-hybridized carbons (Fsp3) is 0.133. The highest BCUT2D eigenvalue weighted by Gasteiger charge is 2.06. The van der Waals surface area contributed by atoms with Gasteiger partial charge in [-0.05, 0) is 30.2 Å². The number of rotatable bonds is 3. The molecule has 0 bridgehead atoms. The number of ether oxygens (including phenoxy) is 1. The molecule has 0 saturated heterocycles. The smallest absolute Gasteiger partial charge is 0.338 e. The zero-order valence-corrected chi connectivity index (χ0v) is 9.72. The fourth-order valence-corrected chi connectivity index (χ4v) is 1.57. The average Bonchev–Trinajstić information content (AvgIpc) is 2.38. The normalized spacial score (nSPS) is 9.94. The van der Waals surface area contributed by atoms with Crippen LogP contribution in [-0.2, 0) is 11.3 Å². The predicted octanol–water partition coefficient (Wildman–Crippen LogP) is 3.35. The maximum Gasteiger partial charge on any atom is 0.338 e. The molecule has 0 N–H and O–H groups in total. The molecule has 0 amide bonds. The zero-order valence-electron chi connectivity index (χ0n) is 9.72. The van der Waals surface area contributed by atoms with E-state index < -0.39 is 0 Å². The lowest BCUT2D eigenvalue weighted by Crippen LogP contribution is -2.05. The van der Waals surface area contributed by atoms with Crippen molar-refractivity contribution in [2.45, 2.75) is 13.5 Å². The van der Waals surface area contributed by atoms with E-state index in [1.807, 2.05) is 49.4 Å². The van der Waals surface area contributed by atoms with Gasteiger partial charge in [0.05, 0.1) is 5.56 Å². The highest BCUT2D eigenvalue weighted by molar-refractivity contribution is 5.89. The van der Waals surface area contributed by atoms with Crippen molar-refractivity contribution in [1.29, 1.82) is 0 Å². The van der Waals surface area contributed by atoms with Gasteiger partial charge >= 0.3 is 5.97 Å². The summed E-state index contributed by atoms with van der Waals surface area (Å²) in [6.45, 7) is 2.33. The molecule has 0 saturated carbocycles. The molecule has 0 aliphatic rings. The summed E-state index contributed by atoms with van der Waals surface area (Å²) in [5, 5.41) is 0. The molecule has 0 aliphatic carbocycles. The zero-order chi connectivity index (χ0) is 12.1. The minimum atomic E-state index is -0.283. The predicted molar refractivity (Wildman–Crippen MR) is 66.7 cm³/mol. The summed E-state index contributed by atoms with van der Waals surface area (Å²) in [4.78, 5) is 11.7. The molecule has 2 aromatic rings. The SMILES string of the molecule is Cc1ccccc1COC(=O)c1ccccc1. The first-order chi connectivity index (χ1) is 8.27. The summed E-state index contributed by atoms with van der Waals surface area (Å²) in [6.07, 6.45) is 0. The van der Waals surface area contributed by atoms with Gasteiger partial charge in [0.2, 0.25) is 0 Å². The molecule has 0 aliphatic heterocycles. The van der Waals surface area contributed by atoms with E-state index >= 15 is 0 Å². The fourth-order valence-electron chi connectivity index (χ4n) is 1.57. The Morgan fingerprint density at radius 1 is 1.00 bits per heavy atom. The Balaban J connectivity index is 2.00. The molecule has 2 aromatic carbocycles. The van der Waals surface area contributed by atoms with E-state index in [0.29, 0.717) is 12.2 Å². The monoisotopic (exact) mass is 226 g/mol. The maximum atomic E-state index is 11.7. The Hall–Kier alpha value is -2.09. The summed E-state index contributed by atoms with van der Waals surface area (Å²) in [5.74, 6) is -0.283. The van der Waals surface area contributed by atoms with Gasteiger partial charge in [-0.1, -0.05) is 42.5 Å². The number of hydrogen-bond donors (Lipinski definition) is 0. The molecule has 2 nitrogen and oxygen atoms in total. The van der Waals surface area contributed by atoms with Crippen LogP contribution in [0.3, 0.4) is 0 Å². The highest BCUT2D eigenvalue weighted by atomic mass is 16.5. The van der Waals surface area contributed by atoms with Gasteiger partial charge in [-0.2, -0.15) is 0 Å². The standard InChI is InChI=1S/C15H14O2/c1-12-7-5-6-10-14(12)11-17-15(16)13-8-3-2-4-9-13/h2-10H,11H2,1H3. The first-order valence-electron chi connectivity index (χ1n) is 5.54. The Bertz CT molecular complexity index is 503. The third-order valence-electron chi connectivity index (χ3n) is 2.63. The molecule has 86 valence electrons. The van der Waals surface area contributed by atoms with Crippen LogP contribution in [0.15, 0.2) is 54.6 Å². The van der Waals surface area contributed by atoms with Crippen LogP contribution in [-0.4, -0.2) is 5.97 Å². The Morgan fingerprint density at radius 3 is 2.35 bits per heavy atom. The lowest BCUT2D eigenvalue weighted by atomic mass is 10.1. The van der Waals surface area contributed by atoms with Crippen molar-refractivity contribution in [3.05, 3.63) is 71.3 Å². The third-order valence-corrected chi connectivity index (χ3v) is 2.63. The minimum Gasteiger partial charge on any atom is -0.457 e. The van der Waals surface area contributed by atoms with Crippen molar-refractivity contribution in [2.24, 2.45) is 0 Å². The lowest BCUT2D eigenvalue weighted by molar-refractivity contribution is 0.0472. The molecule has 2 rings (SSSR count). The van der Waals surface area contributed by atoms with Gasteiger partial charge < -0.3 is 4.74 Å². The molecule has 0 aromatic heterocycles. The van der Waals surface area contributed by atoms with E-state index in [2.05, 4.69) is 0 Å². The number of aryl methyl sites for hydroxylation is 1. The first kappa shape index (κ1) is 11.4. The van der Waals surface area contributed by atoms with Gasteiger partial charge in [-0.3, -0.25) is 0 Å². The second-order valence-corrected chi connectivity index (χ2v) is 3.87. The molecule has 0 spiro atoms. The van der Waals surface area contributed by atoms with Gasteiger partial charge in [-0.25, -0.2) is 4.79 Å². The van der Waals surface area contributed by atoms with Crippen molar-refractivity contribution in [2.75, 3.05) is 0 Å². The maximum absolute atomic E-state index is 11.7. The average molecular weight is 226 g/mol. The van der Waals surface area contributed by atoms with Crippen molar-refractivity contribution < 1.29 is 9.53 Å². The summed E-state index contributed by atoms with van der Waals surface area (Å²) < 4.78 is 5.26. The number of carbonyl (C=O) groups excluding carboxylic acids is 1. The molecule has 0 unspecified atom stereocenters. The Morgan fingerprint density at radius 2 is 1.65 bits per heavy atom. The second kappa shape index (κ2) is 5.30. The summed E-state index contributed by atoms with van der Waals surface area (Å²) in [5.41, 5.74) is 2.76. The third kappa shape index (κ3) is 2.94. The number of carbonyl (C=O) groups is 1. The largest absolute Gasteiger partial charge is 0.457 e. The van der Waals surface area contributed by atoms with Crippen molar-refractivity contribution in [3.63, 3.8) is 0 Å². The number of benzene rings is 2. The molecule has 0 fully saturated rings. The van der Waals surface area contributed by atoms with Crippen LogP contribution >= 0.6 is 0 Å². The van der Waals surface area contributed by atoms with Crippen LogP contribution in [0, 0.1) is 6.92 Å². The van der Waals surface area contributed by atoms with Crippen molar-refractivity contribution in [1.82, 2.24) is 0 Å². The first-order valence-corrected chi connectivity index (χ1v) is 5.54. The molecular weight excluding hydrogens is 212 g/mol. The lowest BCUT2D eigenvalue weighted by Gasteiger charge is -2.07. The summed E-state index contributed by atoms with van der Waals surface area (Å²) in [6, 6.07) is 16.9. The Kier molecular flexibility index (Phi) is 3.55. The minimum absolute atomic E-state index is 0.283. The van der Waals surface area contributed by atoms with E-state index in [1.54, 1.807) is 12.1 Å². The van der Waals surface area contributed by atoms with Crippen LogP contribution in [0.2, 0.25) is 0 Å². The second-order valence-electron chi connectivity index (χ2n) is 3.87. The van der Waals surface area contributed by atoms with Gasteiger partial charge in [0, 0.05) is 0 Å². The van der Waals surface area contributed by atoms with Crippen LogP contribution in [0.1, 0.15) is 21.5 Å².